The molecule has 0 radical (unpaired) electrons. The fraction of sp³-hybridized carbons (Fsp3) is 0.286. The predicted octanol–water partition coefficient (Wildman–Crippen LogP) is 3.37. The molecule has 0 spiro atoms. The van der Waals surface area contributed by atoms with Crippen molar-refractivity contribution < 1.29 is 0 Å². The van der Waals surface area contributed by atoms with Crippen molar-refractivity contribution in [2.45, 2.75) is 26.3 Å². The Hall–Kier alpha value is -1.33. The van der Waals surface area contributed by atoms with Crippen LogP contribution >= 0.6 is 27.5 Å². The van der Waals surface area contributed by atoms with Crippen LogP contribution in [0.15, 0.2) is 38.3 Å². The Kier molecular flexibility index (Phi) is 3.93. The zero-order valence-electron chi connectivity index (χ0n) is 11.3. The van der Waals surface area contributed by atoms with Crippen molar-refractivity contribution in [2.75, 3.05) is 0 Å². The van der Waals surface area contributed by atoms with Crippen molar-refractivity contribution in [1.29, 1.82) is 0 Å². The molecule has 1 aromatic carbocycles. The average Bonchev–Trinajstić information content (AvgIpc) is 2.25. The van der Waals surface area contributed by atoms with Crippen LogP contribution in [0.2, 0.25) is 5.15 Å². The lowest BCUT2D eigenvalue weighted by Gasteiger charge is -2.22. The first kappa shape index (κ1) is 15.1. The quantitative estimate of drug-likeness (QED) is 0.796. The summed E-state index contributed by atoms with van der Waals surface area (Å²) in [6.45, 7) is 5.38. The summed E-state index contributed by atoms with van der Waals surface area (Å²) >= 11 is 9.42. The molecule has 0 bridgehead atoms. The number of nitrogens with one attached hydrogen (secondary N) is 1. The highest BCUT2D eigenvalue weighted by molar-refractivity contribution is 9.10. The van der Waals surface area contributed by atoms with Crippen molar-refractivity contribution in [3.05, 3.63) is 54.7 Å². The van der Waals surface area contributed by atoms with Gasteiger partial charge in [0.2, 0.25) is 0 Å². The Labute approximate surface area is 129 Å². The van der Waals surface area contributed by atoms with Crippen molar-refractivity contribution in [2.24, 2.45) is 0 Å². The summed E-state index contributed by atoms with van der Waals surface area (Å²) in [5.74, 6) is 0. The van der Waals surface area contributed by atoms with E-state index >= 15 is 0 Å². The maximum atomic E-state index is 12.6. The third-order valence-corrected chi connectivity index (χ3v) is 3.62. The van der Waals surface area contributed by atoms with E-state index in [1.165, 1.54) is 4.57 Å². The van der Waals surface area contributed by atoms with E-state index in [9.17, 15) is 9.59 Å². The van der Waals surface area contributed by atoms with Gasteiger partial charge < -0.3 is 0 Å². The molecule has 0 aliphatic carbocycles. The van der Waals surface area contributed by atoms with Gasteiger partial charge in [-0.15, -0.1) is 0 Å². The zero-order valence-corrected chi connectivity index (χ0v) is 13.7. The summed E-state index contributed by atoms with van der Waals surface area (Å²) in [7, 11) is 0. The average molecular weight is 358 g/mol. The van der Waals surface area contributed by atoms with Crippen LogP contribution in [0.25, 0.3) is 11.1 Å². The van der Waals surface area contributed by atoms with Gasteiger partial charge in [0.05, 0.1) is 5.56 Å². The summed E-state index contributed by atoms with van der Waals surface area (Å²) in [4.78, 5) is 27.1. The molecule has 0 unspecified atom stereocenters. The maximum Gasteiger partial charge on any atom is 0.330 e. The molecule has 0 aliphatic rings. The number of aromatic nitrogens is 2. The van der Waals surface area contributed by atoms with Crippen LogP contribution in [-0.2, 0) is 5.54 Å². The van der Waals surface area contributed by atoms with Crippen LogP contribution in [0.5, 0.6) is 0 Å². The molecule has 1 heterocycles. The van der Waals surface area contributed by atoms with Gasteiger partial charge in [-0.25, -0.2) is 4.79 Å². The SMILES string of the molecule is CC(C)(C)n1c(=O)[nH]c(Cl)c(-c2cccc(Br)c2)c1=O. The minimum Gasteiger partial charge on any atom is -0.297 e. The summed E-state index contributed by atoms with van der Waals surface area (Å²) in [6, 6.07) is 7.22. The Balaban J connectivity index is 2.85. The number of aromatic amines is 1. The smallest absolute Gasteiger partial charge is 0.297 e. The summed E-state index contributed by atoms with van der Waals surface area (Å²) in [6.07, 6.45) is 0. The van der Waals surface area contributed by atoms with Gasteiger partial charge in [-0.2, -0.15) is 0 Å². The number of benzene rings is 1. The number of hydrogen-bond acceptors (Lipinski definition) is 2. The Morgan fingerprint density at radius 2 is 1.90 bits per heavy atom. The Morgan fingerprint density at radius 3 is 2.45 bits per heavy atom. The van der Waals surface area contributed by atoms with Gasteiger partial charge in [0, 0.05) is 10.0 Å². The van der Waals surface area contributed by atoms with Crippen LogP contribution < -0.4 is 11.2 Å². The number of hydrogen-bond donors (Lipinski definition) is 1. The lowest BCUT2D eigenvalue weighted by Crippen LogP contribution is -2.45. The first-order valence-corrected chi connectivity index (χ1v) is 7.20. The highest BCUT2D eigenvalue weighted by Crippen LogP contribution is 2.25. The van der Waals surface area contributed by atoms with Crippen molar-refractivity contribution in [3.8, 4) is 11.1 Å². The first-order chi connectivity index (χ1) is 9.21. The Bertz CT molecular complexity index is 772. The molecule has 106 valence electrons. The predicted molar refractivity (Wildman–Crippen MR) is 84.5 cm³/mol. The molecule has 0 saturated carbocycles. The molecule has 0 atom stereocenters. The van der Waals surface area contributed by atoms with Gasteiger partial charge >= 0.3 is 5.69 Å². The second-order valence-electron chi connectivity index (χ2n) is 5.44. The monoisotopic (exact) mass is 356 g/mol. The van der Waals surface area contributed by atoms with E-state index in [0.29, 0.717) is 11.1 Å². The lowest BCUT2D eigenvalue weighted by atomic mass is 10.1. The van der Waals surface area contributed by atoms with E-state index < -0.39 is 16.8 Å². The molecule has 0 fully saturated rings. The second-order valence-corrected chi connectivity index (χ2v) is 6.73. The summed E-state index contributed by atoms with van der Waals surface area (Å²) in [5, 5.41) is 0.0543. The molecule has 6 heteroatoms. The molecule has 2 aromatic rings. The topological polar surface area (TPSA) is 54.9 Å². The van der Waals surface area contributed by atoms with E-state index in [-0.39, 0.29) is 5.15 Å². The van der Waals surface area contributed by atoms with E-state index in [1.807, 2.05) is 12.1 Å². The minimum atomic E-state index is -0.629. The highest BCUT2D eigenvalue weighted by atomic mass is 79.9. The third kappa shape index (κ3) is 2.74. The second kappa shape index (κ2) is 5.22. The molecule has 0 saturated heterocycles. The van der Waals surface area contributed by atoms with Gasteiger partial charge in [0.15, 0.2) is 0 Å². The third-order valence-electron chi connectivity index (χ3n) is 2.84. The summed E-state index contributed by atoms with van der Waals surface area (Å²) < 4.78 is 2.01. The molecule has 1 aromatic heterocycles. The summed E-state index contributed by atoms with van der Waals surface area (Å²) in [5.41, 5.74) is -0.586. The van der Waals surface area contributed by atoms with E-state index in [2.05, 4.69) is 20.9 Å². The molecule has 2 rings (SSSR count). The Morgan fingerprint density at radius 1 is 1.25 bits per heavy atom. The van der Waals surface area contributed by atoms with Crippen LogP contribution in [0, 0.1) is 0 Å². The standard InChI is InChI=1S/C14H14BrClN2O2/c1-14(2,3)18-12(19)10(11(16)17-13(18)20)8-5-4-6-9(15)7-8/h4-7H,1-3H3,(H,17,20). The number of nitrogens with zero attached hydrogens (tertiary/aromatic N) is 1. The molecular weight excluding hydrogens is 344 g/mol. The van der Waals surface area contributed by atoms with Gasteiger partial charge in [-0.1, -0.05) is 39.7 Å². The largest absolute Gasteiger partial charge is 0.330 e. The van der Waals surface area contributed by atoms with Gasteiger partial charge in [-0.3, -0.25) is 14.3 Å². The van der Waals surface area contributed by atoms with E-state index in [0.717, 1.165) is 4.47 Å². The van der Waals surface area contributed by atoms with Crippen LogP contribution in [0.4, 0.5) is 0 Å². The van der Waals surface area contributed by atoms with E-state index in [4.69, 9.17) is 11.6 Å². The number of rotatable bonds is 1. The fourth-order valence-electron chi connectivity index (χ4n) is 2.01. The molecule has 0 amide bonds. The zero-order chi connectivity index (χ0) is 15.1. The molecular formula is C14H14BrClN2O2. The minimum absolute atomic E-state index is 0.0543. The number of H-pyrrole nitrogens is 1. The van der Waals surface area contributed by atoms with Crippen molar-refractivity contribution >= 4 is 27.5 Å². The first-order valence-electron chi connectivity index (χ1n) is 6.03. The maximum absolute atomic E-state index is 12.6. The fourth-order valence-corrected chi connectivity index (χ4v) is 2.68. The van der Waals surface area contributed by atoms with Crippen molar-refractivity contribution in [1.82, 2.24) is 9.55 Å². The van der Waals surface area contributed by atoms with Crippen LogP contribution in [0.3, 0.4) is 0 Å². The van der Waals surface area contributed by atoms with Crippen LogP contribution in [0.1, 0.15) is 20.8 Å². The molecule has 1 N–H and O–H groups in total. The van der Waals surface area contributed by atoms with E-state index in [1.54, 1.807) is 32.9 Å². The molecule has 20 heavy (non-hydrogen) atoms. The number of halogens is 2. The van der Waals surface area contributed by atoms with Gasteiger partial charge in [-0.05, 0) is 38.5 Å². The van der Waals surface area contributed by atoms with Crippen LogP contribution in [-0.4, -0.2) is 9.55 Å². The van der Waals surface area contributed by atoms with Gasteiger partial charge in [0.25, 0.3) is 5.56 Å². The lowest BCUT2D eigenvalue weighted by molar-refractivity contribution is 0.367. The normalized spacial score (nSPS) is 11.7. The molecule has 4 nitrogen and oxygen atoms in total. The van der Waals surface area contributed by atoms with Gasteiger partial charge in [0.1, 0.15) is 5.15 Å². The molecule has 0 aliphatic heterocycles. The highest BCUT2D eigenvalue weighted by Gasteiger charge is 2.22. The van der Waals surface area contributed by atoms with Crippen molar-refractivity contribution in [3.63, 3.8) is 0 Å².